The molecular weight excluding hydrogens is 254 g/mol. The maximum Gasteiger partial charge on any atom is 0.327 e. The zero-order valence-corrected chi connectivity index (χ0v) is 11.1. The van der Waals surface area contributed by atoms with E-state index in [2.05, 4.69) is 10.2 Å². The number of aliphatic carboxylic acids is 1. The van der Waals surface area contributed by atoms with Crippen molar-refractivity contribution in [1.82, 2.24) is 15.1 Å². The van der Waals surface area contributed by atoms with E-state index < -0.39 is 12.0 Å². The molecule has 0 aromatic carbocycles. The number of hydrogen-bond donors (Lipinski definition) is 2. The summed E-state index contributed by atoms with van der Waals surface area (Å²) in [5.74, 6) is -0.176. The highest BCUT2D eigenvalue weighted by Gasteiger charge is 2.34. The van der Waals surface area contributed by atoms with Gasteiger partial charge in [0.25, 0.3) is 0 Å². The Morgan fingerprint density at radius 2 is 2.28 bits per heavy atom. The van der Waals surface area contributed by atoms with E-state index in [9.17, 15) is 9.59 Å². The van der Waals surface area contributed by atoms with E-state index in [1.54, 1.807) is 0 Å². The number of aromatic nitrogens is 2. The standard InChI is InChI=1S/C11H15N3O3S/c1-6-8(7(2)13-12-6)3-10(15)14-5-18-4-9(14)11(16)17/h9H,3-5H2,1-2H3,(H,12,13)(H,16,17). The van der Waals surface area contributed by atoms with Crippen molar-refractivity contribution >= 4 is 23.6 Å². The van der Waals surface area contributed by atoms with Crippen LogP contribution < -0.4 is 0 Å². The minimum Gasteiger partial charge on any atom is -0.480 e. The lowest BCUT2D eigenvalue weighted by molar-refractivity contribution is -0.147. The van der Waals surface area contributed by atoms with Crippen LogP contribution in [0.5, 0.6) is 0 Å². The molecule has 1 unspecified atom stereocenters. The summed E-state index contributed by atoms with van der Waals surface area (Å²) >= 11 is 1.47. The lowest BCUT2D eigenvalue weighted by Gasteiger charge is -2.20. The number of carboxylic acids is 1. The van der Waals surface area contributed by atoms with E-state index >= 15 is 0 Å². The van der Waals surface area contributed by atoms with Gasteiger partial charge in [0.1, 0.15) is 6.04 Å². The fourth-order valence-electron chi connectivity index (χ4n) is 1.98. The molecule has 2 rings (SSSR count). The Kier molecular flexibility index (Phi) is 3.60. The molecule has 1 aliphatic heterocycles. The van der Waals surface area contributed by atoms with Gasteiger partial charge in [-0.3, -0.25) is 9.89 Å². The van der Waals surface area contributed by atoms with Gasteiger partial charge in [0.05, 0.1) is 18.0 Å². The molecule has 1 atom stereocenters. The Bertz CT molecular complexity index is 466. The van der Waals surface area contributed by atoms with Gasteiger partial charge < -0.3 is 10.0 Å². The molecule has 6 nitrogen and oxygen atoms in total. The molecule has 1 fully saturated rings. The molecule has 0 spiro atoms. The lowest BCUT2D eigenvalue weighted by atomic mass is 10.1. The predicted molar refractivity (Wildman–Crippen MR) is 67.4 cm³/mol. The molecule has 2 heterocycles. The minimum absolute atomic E-state index is 0.153. The van der Waals surface area contributed by atoms with Crippen molar-refractivity contribution in [1.29, 1.82) is 0 Å². The third kappa shape index (κ3) is 2.35. The Morgan fingerprint density at radius 3 is 2.83 bits per heavy atom. The smallest absolute Gasteiger partial charge is 0.327 e. The molecule has 1 aromatic rings. The number of carbonyl (C=O) groups excluding carboxylic acids is 1. The molecule has 7 heteroatoms. The summed E-state index contributed by atoms with van der Waals surface area (Å²) in [5, 5.41) is 15.9. The van der Waals surface area contributed by atoms with Gasteiger partial charge in [0.2, 0.25) is 5.91 Å². The van der Waals surface area contributed by atoms with E-state index in [1.165, 1.54) is 16.7 Å². The van der Waals surface area contributed by atoms with E-state index in [1.807, 2.05) is 13.8 Å². The lowest BCUT2D eigenvalue weighted by Crippen LogP contribution is -2.42. The fourth-order valence-corrected chi connectivity index (χ4v) is 3.15. The number of aromatic amines is 1. The summed E-state index contributed by atoms with van der Waals surface area (Å²) in [7, 11) is 0. The van der Waals surface area contributed by atoms with Crippen molar-refractivity contribution < 1.29 is 14.7 Å². The molecule has 1 aromatic heterocycles. The van der Waals surface area contributed by atoms with Gasteiger partial charge in [-0.05, 0) is 13.8 Å². The number of nitrogens with one attached hydrogen (secondary N) is 1. The first-order chi connectivity index (χ1) is 8.50. The number of H-pyrrole nitrogens is 1. The first-order valence-electron chi connectivity index (χ1n) is 5.61. The second-order valence-electron chi connectivity index (χ2n) is 4.31. The van der Waals surface area contributed by atoms with Crippen molar-refractivity contribution in [3.63, 3.8) is 0 Å². The molecule has 0 saturated carbocycles. The highest BCUT2D eigenvalue weighted by Crippen LogP contribution is 2.22. The van der Waals surface area contributed by atoms with Gasteiger partial charge in [0, 0.05) is 17.0 Å². The second kappa shape index (κ2) is 5.01. The van der Waals surface area contributed by atoms with Gasteiger partial charge in [-0.2, -0.15) is 5.10 Å². The van der Waals surface area contributed by atoms with Gasteiger partial charge in [-0.15, -0.1) is 11.8 Å². The summed E-state index contributed by atoms with van der Waals surface area (Å²) in [6.07, 6.45) is 0.207. The summed E-state index contributed by atoms with van der Waals surface area (Å²) in [5.41, 5.74) is 2.51. The van der Waals surface area contributed by atoms with Crippen LogP contribution in [0, 0.1) is 13.8 Å². The summed E-state index contributed by atoms with van der Waals surface area (Å²) in [4.78, 5) is 24.6. The van der Waals surface area contributed by atoms with Crippen LogP contribution >= 0.6 is 11.8 Å². The SMILES string of the molecule is Cc1n[nH]c(C)c1CC(=O)N1CSCC1C(=O)O. The Morgan fingerprint density at radius 1 is 1.56 bits per heavy atom. The normalized spacial score (nSPS) is 19.2. The fraction of sp³-hybridized carbons (Fsp3) is 0.545. The Labute approximate surface area is 109 Å². The van der Waals surface area contributed by atoms with Crippen molar-refractivity contribution in [3.05, 3.63) is 17.0 Å². The molecule has 1 aliphatic rings. The number of nitrogens with zero attached hydrogens (tertiary/aromatic N) is 2. The number of thioether (sulfide) groups is 1. The molecule has 2 N–H and O–H groups in total. The van der Waals surface area contributed by atoms with Gasteiger partial charge in [-0.25, -0.2) is 4.79 Å². The van der Waals surface area contributed by atoms with Gasteiger partial charge in [-0.1, -0.05) is 0 Å². The van der Waals surface area contributed by atoms with Crippen LogP contribution in [0.1, 0.15) is 17.0 Å². The molecule has 18 heavy (non-hydrogen) atoms. The minimum atomic E-state index is -0.936. The van der Waals surface area contributed by atoms with E-state index in [4.69, 9.17) is 5.11 Å². The van der Waals surface area contributed by atoms with E-state index in [0.717, 1.165) is 17.0 Å². The molecule has 0 aliphatic carbocycles. The highest BCUT2D eigenvalue weighted by atomic mass is 32.2. The number of carboxylic acid groups (broad SMARTS) is 1. The van der Waals surface area contributed by atoms with Crippen molar-refractivity contribution in [2.24, 2.45) is 0 Å². The number of amides is 1. The average Bonchev–Trinajstić information content (AvgIpc) is 2.90. The monoisotopic (exact) mass is 269 g/mol. The van der Waals surface area contributed by atoms with E-state index in [0.29, 0.717) is 11.6 Å². The van der Waals surface area contributed by atoms with Crippen LogP contribution in [-0.2, 0) is 16.0 Å². The number of rotatable bonds is 3. The topological polar surface area (TPSA) is 86.3 Å². The zero-order chi connectivity index (χ0) is 13.3. The van der Waals surface area contributed by atoms with Crippen LogP contribution in [0.3, 0.4) is 0 Å². The molecule has 1 amide bonds. The van der Waals surface area contributed by atoms with E-state index in [-0.39, 0.29) is 12.3 Å². The Balaban J connectivity index is 2.11. The third-order valence-electron chi connectivity index (χ3n) is 3.10. The number of aryl methyl sites for hydroxylation is 2. The highest BCUT2D eigenvalue weighted by molar-refractivity contribution is 7.99. The zero-order valence-electron chi connectivity index (χ0n) is 10.3. The predicted octanol–water partition coefficient (Wildman–Crippen LogP) is 0.555. The first-order valence-corrected chi connectivity index (χ1v) is 6.76. The van der Waals surface area contributed by atoms with Crippen molar-refractivity contribution in [2.45, 2.75) is 26.3 Å². The summed E-state index contributed by atoms with van der Waals surface area (Å²) < 4.78 is 0. The third-order valence-corrected chi connectivity index (χ3v) is 4.11. The van der Waals surface area contributed by atoms with Crippen LogP contribution in [0.2, 0.25) is 0 Å². The van der Waals surface area contributed by atoms with Crippen molar-refractivity contribution in [3.8, 4) is 0 Å². The average molecular weight is 269 g/mol. The van der Waals surface area contributed by atoms with Crippen LogP contribution in [0.4, 0.5) is 0 Å². The molecule has 0 bridgehead atoms. The summed E-state index contributed by atoms with van der Waals surface area (Å²) in [6.45, 7) is 3.69. The molecule has 0 radical (unpaired) electrons. The van der Waals surface area contributed by atoms with Crippen LogP contribution in [-0.4, -0.2) is 49.8 Å². The number of carbonyl (C=O) groups is 2. The largest absolute Gasteiger partial charge is 0.480 e. The maximum atomic E-state index is 12.1. The summed E-state index contributed by atoms with van der Waals surface area (Å²) in [6, 6.07) is -0.699. The van der Waals surface area contributed by atoms with Crippen LogP contribution in [0.15, 0.2) is 0 Å². The quantitative estimate of drug-likeness (QED) is 0.837. The molecule has 1 saturated heterocycles. The molecular formula is C11H15N3O3S. The van der Waals surface area contributed by atoms with Crippen LogP contribution in [0.25, 0.3) is 0 Å². The Hall–Kier alpha value is -1.50. The first kappa shape index (κ1) is 12.9. The number of hydrogen-bond acceptors (Lipinski definition) is 4. The molecule has 98 valence electrons. The second-order valence-corrected chi connectivity index (χ2v) is 5.31. The van der Waals surface area contributed by atoms with Gasteiger partial charge >= 0.3 is 5.97 Å². The maximum absolute atomic E-state index is 12.1. The van der Waals surface area contributed by atoms with Crippen molar-refractivity contribution in [2.75, 3.05) is 11.6 Å². The van der Waals surface area contributed by atoms with Gasteiger partial charge in [0.15, 0.2) is 0 Å².